The Balaban J connectivity index is 1.95. The Morgan fingerprint density at radius 3 is 2.63 bits per heavy atom. The molecule has 3 rings (SSSR count). The van der Waals surface area contributed by atoms with Gasteiger partial charge in [-0.25, -0.2) is 14.4 Å². The maximum absolute atomic E-state index is 14.5. The monoisotopic (exact) mass is 460 g/mol. The predicted molar refractivity (Wildman–Crippen MR) is 107 cm³/mol. The summed E-state index contributed by atoms with van der Waals surface area (Å²) in [5.41, 5.74) is -1.37. The van der Waals surface area contributed by atoms with Gasteiger partial charge >= 0.3 is 6.18 Å². The highest BCUT2D eigenvalue weighted by Gasteiger charge is 2.34. The lowest BCUT2D eigenvalue weighted by Crippen LogP contribution is -2.22. The zero-order valence-corrected chi connectivity index (χ0v) is 17.5. The molecule has 0 bridgehead atoms. The number of hydrogen-bond donors (Lipinski definition) is 1. The third-order valence-corrected chi connectivity index (χ3v) is 5.37. The van der Waals surface area contributed by atoms with Gasteiger partial charge in [-0.3, -0.25) is 9.36 Å². The van der Waals surface area contributed by atoms with E-state index in [0.717, 1.165) is 28.9 Å². The number of nitrogens with zero attached hydrogens (tertiary/aromatic N) is 3. The molecule has 0 radical (unpaired) electrons. The molecule has 0 aliphatic carbocycles. The van der Waals surface area contributed by atoms with Crippen molar-refractivity contribution in [2.24, 2.45) is 5.92 Å². The highest BCUT2D eigenvalue weighted by molar-refractivity contribution is 7.13. The average molecular weight is 461 g/mol. The maximum atomic E-state index is 14.5. The minimum absolute atomic E-state index is 0.0389. The average Bonchev–Trinajstić information content (AvgIpc) is 3.15. The van der Waals surface area contributed by atoms with Gasteiger partial charge in [0.25, 0.3) is 5.56 Å². The molecular formula is C19H17ClF4N4OS. The Hall–Kier alpha value is -2.30. The molecule has 30 heavy (non-hydrogen) atoms. The van der Waals surface area contributed by atoms with Crippen molar-refractivity contribution in [3.05, 3.63) is 62.4 Å². The van der Waals surface area contributed by atoms with Crippen LogP contribution in [0.15, 0.2) is 34.7 Å². The molecule has 3 aromatic rings. The molecule has 2 aromatic heterocycles. The summed E-state index contributed by atoms with van der Waals surface area (Å²) in [6.07, 6.45) is -3.56. The number of alkyl halides is 3. The van der Waals surface area contributed by atoms with Gasteiger partial charge in [-0.15, -0.1) is 11.3 Å². The molecule has 0 saturated carbocycles. The largest absolute Gasteiger partial charge is 0.434 e. The van der Waals surface area contributed by atoms with Gasteiger partial charge in [0.15, 0.2) is 5.69 Å². The molecule has 160 valence electrons. The van der Waals surface area contributed by atoms with Crippen LogP contribution in [0.2, 0.25) is 5.02 Å². The molecule has 0 saturated heterocycles. The Bertz CT molecular complexity index is 1110. The van der Waals surface area contributed by atoms with Crippen molar-refractivity contribution in [1.82, 2.24) is 19.9 Å². The molecule has 0 spiro atoms. The van der Waals surface area contributed by atoms with Crippen molar-refractivity contribution in [2.45, 2.75) is 26.6 Å². The van der Waals surface area contributed by atoms with E-state index in [4.69, 9.17) is 11.6 Å². The Kier molecular flexibility index (Phi) is 6.59. The SMILES string of the molecule is CC(C)CNCc1ccc(F)c(-n2cnc(-c3nc(C(F)(F)F)cs3)cc2=O)c1Cl. The van der Waals surface area contributed by atoms with Gasteiger partial charge in [0.05, 0.1) is 5.02 Å². The van der Waals surface area contributed by atoms with Crippen molar-refractivity contribution in [2.75, 3.05) is 6.54 Å². The van der Waals surface area contributed by atoms with Crippen LogP contribution in [0.3, 0.4) is 0 Å². The zero-order valence-electron chi connectivity index (χ0n) is 15.9. The first kappa shape index (κ1) is 22.4. The summed E-state index contributed by atoms with van der Waals surface area (Å²) in [7, 11) is 0. The van der Waals surface area contributed by atoms with E-state index in [0.29, 0.717) is 29.4 Å². The van der Waals surface area contributed by atoms with Gasteiger partial charge in [0.1, 0.15) is 28.5 Å². The highest BCUT2D eigenvalue weighted by Crippen LogP contribution is 2.33. The summed E-state index contributed by atoms with van der Waals surface area (Å²) in [5, 5.41) is 4.02. The van der Waals surface area contributed by atoms with Crippen LogP contribution in [0.5, 0.6) is 0 Å². The lowest BCUT2D eigenvalue weighted by molar-refractivity contribution is -0.140. The molecule has 0 atom stereocenters. The molecule has 0 aliphatic rings. The summed E-state index contributed by atoms with van der Waals surface area (Å²) in [4.78, 5) is 20.0. The quantitative estimate of drug-likeness (QED) is 0.531. The number of hydrogen-bond acceptors (Lipinski definition) is 5. The normalized spacial score (nSPS) is 12.0. The lowest BCUT2D eigenvalue weighted by atomic mass is 10.1. The number of rotatable bonds is 6. The van der Waals surface area contributed by atoms with Gasteiger partial charge in [-0.05, 0) is 24.1 Å². The van der Waals surface area contributed by atoms with Crippen LogP contribution in [0.1, 0.15) is 25.1 Å². The third-order valence-electron chi connectivity index (χ3n) is 4.08. The molecule has 0 fully saturated rings. The summed E-state index contributed by atoms with van der Waals surface area (Å²) in [6, 6.07) is 3.72. The first-order valence-electron chi connectivity index (χ1n) is 8.87. The van der Waals surface area contributed by atoms with Crippen molar-refractivity contribution < 1.29 is 17.6 Å². The molecule has 11 heteroatoms. The van der Waals surface area contributed by atoms with Crippen LogP contribution in [-0.4, -0.2) is 21.1 Å². The van der Waals surface area contributed by atoms with Crippen LogP contribution in [0, 0.1) is 11.7 Å². The van der Waals surface area contributed by atoms with E-state index >= 15 is 0 Å². The van der Waals surface area contributed by atoms with E-state index in [-0.39, 0.29) is 21.4 Å². The minimum atomic E-state index is -4.59. The molecule has 2 heterocycles. The Morgan fingerprint density at radius 1 is 1.30 bits per heavy atom. The van der Waals surface area contributed by atoms with E-state index < -0.39 is 23.2 Å². The fraction of sp³-hybridized carbons (Fsp3) is 0.316. The lowest BCUT2D eigenvalue weighted by Gasteiger charge is -2.14. The fourth-order valence-electron chi connectivity index (χ4n) is 2.64. The van der Waals surface area contributed by atoms with E-state index in [2.05, 4.69) is 15.3 Å². The molecule has 0 unspecified atom stereocenters. The molecule has 0 aliphatic heterocycles. The maximum Gasteiger partial charge on any atom is 0.434 e. The van der Waals surface area contributed by atoms with Gasteiger partial charge in [-0.1, -0.05) is 31.5 Å². The molecule has 5 nitrogen and oxygen atoms in total. The third kappa shape index (κ3) is 4.88. The van der Waals surface area contributed by atoms with Crippen LogP contribution in [0.4, 0.5) is 17.6 Å². The molecule has 1 aromatic carbocycles. The number of thiazole rings is 1. The summed E-state index contributed by atoms with van der Waals surface area (Å²) in [6.45, 7) is 5.19. The van der Waals surface area contributed by atoms with Crippen molar-refractivity contribution >= 4 is 22.9 Å². The second-order valence-corrected chi connectivity index (χ2v) is 8.15. The summed E-state index contributed by atoms with van der Waals surface area (Å²) >= 11 is 7.05. The highest BCUT2D eigenvalue weighted by atomic mass is 35.5. The first-order valence-corrected chi connectivity index (χ1v) is 10.1. The van der Waals surface area contributed by atoms with Gasteiger partial charge in [0.2, 0.25) is 0 Å². The standard InChI is InChI=1S/C19H17ClF4N4OS/c1-10(2)6-25-7-11-3-4-12(21)17(16(11)20)28-9-26-13(5-15(28)29)18-27-14(8-30-18)19(22,23)24/h3-5,8-10,25H,6-7H2,1-2H3. The second kappa shape index (κ2) is 8.83. The van der Waals surface area contributed by atoms with Crippen molar-refractivity contribution in [1.29, 1.82) is 0 Å². The number of nitrogens with one attached hydrogen (secondary N) is 1. The molecule has 0 amide bonds. The number of aromatic nitrogens is 3. The first-order chi connectivity index (χ1) is 14.1. The van der Waals surface area contributed by atoms with Crippen molar-refractivity contribution in [3.63, 3.8) is 0 Å². The van der Waals surface area contributed by atoms with Crippen LogP contribution >= 0.6 is 22.9 Å². The fourth-order valence-corrected chi connectivity index (χ4v) is 3.75. The van der Waals surface area contributed by atoms with E-state index in [1.807, 2.05) is 13.8 Å². The Labute approximate surface area is 178 Å². The van der Waals surface area contributed by atoms with E-state index in [1.54, 1.807) is 0 Å². The number of halogens is 5. The zero-order chi connectivity index (χ0) is 22.1. The van der Waals surface area contributed by atoms with Gasteiger partial charge in [0, 0.05) is 18.0 Å². The topological polar surface area (TPSA) is 59.8 Å². The minimum Gasteiger partial charge on any atom is -0.312 e. The molecular weight excluding hydrogens is 444 g/mol. The Morgan fingerprint density at radius 2 is 2.03 bits per heavy atom. The van der Waals surface area contributed by atoms with Gasteiger partial charge in [-0.2, -0.15) is 13.2 Å². The second-order valence-electron chi connectivity index (χ2n) is 6.91. The van der Waals surface area contributed by atoms with E-state index in [1.165, 1.54) is 12.1 Å². The van der Waals surface area contributed by atoms with E-state index in [9.17, 15) is 22.4 Å². The van der Waals surface area contributed by atoms with Crippen LogP contribution in [-0.2, 0) is 12.7 Å². The predicted octanol–water partition coefficient (Wildman–Crippen LogP) is 4.91. The van der Waals surface area contributed by atoms with Crippen LogP contribution in [0.25, 0.3) is 16.4 Å². The molecule has 1 N–H and O–H groups in total. The summed E-state index contributed by atoms with van der Waals surface area (Å²) in [5.74, 6) is -0.315. The number of benzene rings is 1. The van der Waals surface area contributed by atoms with Crippen molar-refractivity contribution in [3.8, 4) is 16.4 Å². The van der Waals surface area contributed by atoms with Gasteiger partial charge < -0.3 is 5.32 Å². The summed E-state index contributed by atoms with van der Waals surface area (Å²) < 4.78 is 53.6. The smallest absolute Gasteiger partial charge is 0.312 e. The van der Waals surface area contributed by atoms with Crippen LogP contribution < -0.4 is 10.9 Å².